The molecule has 0 saturated heterocycles. The van der Waals surface area contributed by atoms with Gasteiger partial charge in [0, 0.05) is 21.3 Å². The Morgan fingerprint density at radius 2 is 2.11 bits per heavy atom. The van der Waals surface area contributed by atoms with Gasteiger partial charge in [-0.3, -0.25) is 4.79 Å². The number of carbonyl (C=O) groups excluding carboxylic acids is 1. The molecule has 1 aromatic heterocycles. The number of anilines is 2. The topological polar surface area (TPSA) is 80.0 Å². The van der Waals surface area contributed by atoms with Crippen LogP contribution in [0.2, 0.25) is 5.02 Å². The van der Waals surface area contributed by atoms with Crippen molar-refractivity contribution in [1.82, 2.24) is 4.98 Å². The van der Waals surface area contributed by atoms with E-state index in [0.29, 0.717) is 26.6 Å². The number of pyridine rings is 1. The average Bonchev–Trinajstić information content (AvgIpc) is 2.42. The Balaban J connectivity index is 2.20. The zero-order valence-corrected chi connectivity index (χ0v) is 12.0. The van der Waals surface area contributed by atoms with Crippen molar-refractivity contribution in [2.24, 2.45) is 5.84 Å². The molecule has 2 rings (SSSR count). The van der Waals surface area contributed by atoms with Crippen LogP contribution >= 0.6 is 27.5 Å². The van der Waals surface area contributed by atoms with Gasteiger partial charge in [-0.1, -0.05) is 11.6 Å². The first kappa shape index (κ1) is 13.8. The van der Waals surface area contributed by atoms with Gasteiger partial charge < -0.3 is 10.7 Å². The first-order chi connectivity index (χ1) is 9.10. The highest BCUT2D eigenvalue weighted by Crippen LogP contribution is 2.26. The van der Waals surface area contributed by atoms with E-state index in [1.807, 2.05) is 0 Å². The fourth-order valence-electron chi connectivity index (χ4n) is 1.44. The Hall–Kier alpha value is -1.63. The minimum Gasteiger partial charge on any atom is -0.321 e. The number of nitrogens with zero attached hydrogens (tertiary/aromatic N) is 1. The number of nitrogen functional groups attached to an aromatic ring is 1. The second-order valence-electron chi connectivity index (χ2n) is 3.65. The Morgan fingerprint density at radius 1 is 1.32 bits per heavy atom. The van der Waals surface area contributed by atoms with E-state index in [2.05, 4.69) is 31.7 Å². The summed E-state index contributed by atoms with van der Waals surface area (Å²) in [5.74, 6) is 5.40. The molecule has 5 nitrogen and oxygen atoms in total. The second kappa shape index (κ2) is 6.01. The van der Waals surface area contributed by atoms with Gasteiger partial charge in [-0.2, -0.15) is 0 Å². The molecule has 0 aliphatic rings. The van der Waals surface area contributed by atoms with Crippen molar-refractivity contribution >= 4 is 44.9 Å². The van der Waals surface area contributed by atoms with Crippen LogP contribution in [0.25, 0.3) is 0 Å². The summed E-state index contributed by atoms with van der Waals surface area (Å²) in [6, 6.07) is 8.27. The molecule has 0 saturated carbocycles. The van der Waals surface area contributed by atoms with E-state index in [1.165, 1.54) is 6.20 Å². The smallest absolute Gasteiger partial charge is 0.255 e. The SMILES string of the molecule is NNc1cc(C(=O)Nc2ccc(Cl)cc2Br)ccn1. The molecule has 0 atom stereocenters. The van der Waals surface area contributed by atoms with Crippen molar-refractivity contribution in [2.75, 3.05) is 10.7 Å². The minimum absolute atomic E-state index is 0.262. The molecule has 1 aromatic carbocycles. The van der Waals surface area contributed by atoms with Gasteiger partial charge in [-0.15, -0.1) is 0 Å². The average molecular weight is 342 g/mol. The highest BCUT2D eigenvalue weighted by atomic mass is 79.9. The van der Waals surface area contributed by atoms with Crippen LogP contribution < -0.4 is 16.6 Å². The number of carbonyl (C=O) groups is 1. The van der Waals surface area contributed by atoms with Crippen LogP contribution in [-0.4, -0.2) is 10.9 Å². The number of halogens is 2. The normalized spacial score (nSPS) is 10.1. The molecular weight excluding hydrogens is 332 g/mol. The number of aromatic nitrogens is 1. The zero-order valence-electron chi connectivity index (χ0n) is 9.65. The Kier molecular flexibility index (Phi) is 4.36. The van der Waals surface area contributed by atoms with Gasteiger partial charge in [-0.25, -0.2) is 10.8 Å². The lowest BCUT2D eigenvalue weighted by atomic mass is 10.2. The van der Waals surface area contributed by atoms with Crippen molar-refractivity contribution in [2.45, 2.75) is 0 Å². The van der Waals surface area contributed by atoms with Gasteiger partial charge in [0.15, 0.2) is 0 Å². The standard InChI is InChI=1S/C12H10BrClN4O/c13-9-6-8(14)1-2-10(9)17-12(19)7-3-4-16-11(5-7)18-15/h1-6H,15H2,(H,16,18)(H,17,19). The summed E-state index contributed by atoms with van der Waals surface area (Å²) in [7, 11) is 0. The number of hydrazine groups is 1. The molecule has 0 aliphatic carbocycles. The quantitative estimate of drug-likeness (QED) is 0.592. The van der Waals surface area contributed by atoms with E-state index in [-0.39, 0.29) is 5.91 Å². The third-order valence-corrected chi connectivity index (χ3v) is 3.24. The summed E-state index contributed by atoms with van der Waals surface area (Å²) in [5, 5.41) is 3.35. The van der Waals surface area contributed by atoms with Gasteiger partial charge in [-0.05, 0) is 46.3 Å². The van der Waals surface area contributed by atoms with Crippen molar-refractivity contribution < 1.29 is 4.79 Å². The maximum atomic E-state index is 12.1. The van der Waals surface area contributed by atoms with E-state index in [4.69, 9.17) is 17.4 Å². The molecule has 1 heterocycles. The van der Waals surface area contributed by atoms with Crippen LogP contribution in [0.15, 0.2) is 41.0 Å². The monoisotopic (exact) mass is 340 g/mol. The van der Waals surface area contributed by atoms with Crippen molar-refractivity contribution in [3.63, 3.8) is 0 Å². The lowest BCUT2D eigenvalue weighted by molar-refractivity contribution is 0.102. The minimum atomic E-state index is -0.262. The molecule has 0 unspecified atom stereocenters. The molecule has 1 amide bonds. The maximum absolute atomic E-state index is 12.1. The van der Waals surface area contributed by atoms with Gasteiger partial charge in [0.05, 0.1) is 5.69 Å². The van der Waals surface area contributed by atoms with Crippen LogP contribution in [0, 0.1) is 0 Å². The molecule has 98 valence electrons. The summed E-state index contributed by atoms with van der Waals surface area (Å²) in [4.78, 5) is 16.0. The van der Waals surface area contributed by atoms with Crippen molar-refractivity contribution in [3.05, 3.63) is 51.6 Å². The van der Waals surface area contributed by atoms with Crippen molar-refractivity contribution in [3.8, 4) is 0 Å². The molecule has 2 aromatic rings. The van der Waals surface area contributed by atoms with Gasteiger partial charge in [0.1, 0.15) is 5.82 Å². The van der Waals surface area contributed by atoms with Gasteiger partial charge in [0.25, 0.3) is 5.91 Å². The number of nitrogens with one attached hydrogen (secondary N) is 2. The van der Waals surface area contributed by atoms with Crippen LogP contribution in [0.5, 0.6) is 0 Å². The first-order valence-corrected chi connectivity index (χ1v) is 6.46. The molecule has 0 bridgehead atoms. The number of rotatable bonds is 3. The van der Waals surface area contributed by atoms with Gasteiger partial charge in [0.2, 0.25) is 0 Å². The van der Waals surface area contributed by atoms with Crippen molar-refractivity contribution in [1.29, 1.82) is 0 Å². The first-order valence-electron chi connectivity index (χ1n) is 5.29. The van der Waals surface area contributed by atoms with Crippen LogP contribution in [0.1, 0.15) is 10.4 Å². The number of hydrogen-bond acceptors (Lipinski definition) is 4. The van der Waals surface area contributed by atoms with Crippen LogP contribution in [0.3, 0.4) is 0 Å². The number of nitrogens with two attached hydrogens (primary N) is 1. The number of benzene rings is 1. The molecule has 0 radical (unpaired) electrons. The third-order valence-electron chi connectivity index (χ3n) is 2.35. The predicted octanol–water partition coefficient (Wildman–Crippen LogP) is 3.04. The Labute approximate surface area is 123 Å². The lowest BCUT2D eigenvalue weighted by Crippen LogP contribution is -2.14. The number of hydrogen-bond donors (Lipinski definition) is 3. The van der Waals surface area contributed by atoms with E-state index in [1.54, 1.807) is 30.3 Å². The largest absolute Gasteiger partial charge is 0.321 e. The fourth-order valence-corrected chi connectivity index (χ4v) is 2.22. The number of amides is 1. The van der Waals surface area contributed by atoms with Crippen LogP contribution in [0.4, 0.5) is 11.5 Å². The van der Waals surface area contributed by atoms with Gasteiger partial charge >= 0.3 is 0 Å². The molecule has 4 N–H and O–H groups in total. The lowest BCUT2D eigenvalue weighted by Gasteiger charge is -2.08. The van der Waals surface area contributed by atoms with E-state index >= 15 is 0 Å². The fraction of sp³-hybridized carbons (Fsp3) is 0. The molecule has 19 heavy (non-hydrogen) atoms. The van der Waals surface area contributed by atoms with E-state index < -0.39 is 0 Å². The summed E-state index contributed by atoms with van der Waals surface area (Å²) in [6.45, 7) is 0. The Bertz CT molecular complexity index is 620. The van der Waals surface area contributed by atoms with E-state index in [0.717, 1.165) is 0 Å². The maximum Gasteiger partial charge on any atom is 0.255 e. The molecule has 0 aliphatic heterocycles. The Morgan fingerprint density at radius 3 is 2.79 bits per heavy atom. The van der Waals surface area contributed by atoms with E-state index in [9.17, 15) is 4.79 Å². The zero-order chi connectivity index (χ0) is 13.8. The highest BCUT2D eigenvalue weighted by molar-refractivity contribution is 9.10. The molecule has 7 heteroatoms. The molecule has 0 fully saturated rings. The summed E-state index contributed by atoms with van der Waals surface area (Å²) >= 11 is 9.17. The summed E-state index contributed by atoms with van der Waals surface area (Å²) < 4.78 is 0.708. The summed E-state index contributed by atoms with van der Waals surface area (Å²) in [5.41, 5.74) is 3.47. The molecular formula is C12H10BrClN4O. The predicted molar refractivity (Wildman–Crippen MR) is 79.2 cm³/mol. The third kappa shape index (κ3) is 3.44. The highest BCUT2D eigenvalue weighted by Gasteiger charge is 2.09. The molecule has 0 spiro atoms. The second-order valence-corrected chi connectivity index (χ2v) is 4.94. The summed E-state index contributed by atoms with van der Waals surface area (Å²) in [6.07, 6.45) is 1.50. The van der Waals surface area contributed by atoms with Crippen LogP contribution in [-0.2, 0) is 0 Å².